The smallest absolute Gasteiger partial charge is 0.258 e. The van der Waals surface area contributed by atoms with Crippen molar-refractivity contribution in [1.82, 2.24) is 19.9 Å². The lowest BCUT2D eigenvalue weighted by molar-refractivity contribution is 0.102. The molecule has 1 aliphatic heterocycles. The summed E-state index contributed by atoms with van der Waals surface area (Å²) in [5, 5.41) is 5.96. The van der Waals surface area contributed by atoms with Crippen LogP contribution in [0.15, 0.2) is 43.0 Å². The predicted molar refractivity (Wildman–Crippen MR) is 95.3 cm³/mol. The van der Waals surface area contributed by atoms with Crippen molar-refractivity contribution < 1.29 is 13.6 Å². The molecule has 6 nitrogen and oxygen atoms in total. The average molecular weight is 369 g/mol. The second-order valence-electron chi connectivity index (χ2n) is 6.42. The molecule has 0 saturated heterocycles. The maximum Gasteiger partial charge on any atom is 0.258 e. The number of carbonyl (C=O) groups excluding carboxylic acids is 1. The van der Waals surface area contributed by atoms with Crippen LogP contribution >= 0.6 is 0 Å². The molecule has 27 heavy (non-hydrogen) atoms. The predicted octanol–water partition coefficient (Wildman–Crippen LogP) is 2.50. The van der Waals surface area contributed by atoms with Crippen LogP contribution in [-0.4, -0.2) is 27.0 Å². The summed E-state index contributed by atoms with van der Waals surface area (Å²) in [6.45, 7) is 1.82. The van der Waals surface area contributed by atoms with E-state index in [2.05, 4.69) is 20.6 Å². The second-order valence-corrected chi connectivity index (χ2v) is 6.42. The fourth-order valence-electron chi connectivity index (χ4n) is 3.08. The van der Waals surface area contributed by atoms with Crippen LogP contribution in [0.2, 0.25) is 0 Å². The van der Waals surface area contributed by atoms with Crippen molar-refractivity contribution in [2.24, 2.45) is 0 Å². The molecule has 4 rings (SSSR count). The van der Waals surface area contributed by atoms with Crippen LogP contribution in [0.3, 0.4) is 0 Å². The molecule has 1 amide bonds. The molecule has 0 radical (unpaired) electrons. The molecule has 0 fully saturated rings. The van der Waals surface area contributed by atoms with Gasteiger partial charge in [0.05, 0.1) is 17.6 Å². The van der Waals surface area contributed by atoms with E-state index in [1.807, 2.05) is 6.07 Å². The third-order valence-corrected chi connectivity index (χ3v) is 4.35. The Hall–Kier alpha value is -3.13. The van der Waals surface area contributed by atoms with Gasteiger partial charge in [-0.15, -0.1) is 0 Å². The summed E-state index contributed by atoms with van der Waals surface area (Å²) in [4.78, 5) is 20.9. The van der Waals surface area contributed by atoms with Crippen LogP contribution in [0, 0.1) is 11.6 Å². The zero-order chi connectivity index (χ0) is 18.8. The van der Waals surface area contributed by atoms with Crippen molar-refractivity contribution in [3.8, 4) is 0 Å². The second kappa shape index (κ2) is 7.24. The van der Waals surface area contributed by atoms with Crippen LogP contribution in [0.25, 0.3) is 0 Å². The zero-order valence-electron chi connectivity index (χ0n) is 14.4. The SMILES string of the molecule is O=C(Nc1cn(Cc2cc(F)cc(F)c2)cn1)c1cnc2c(c1)CCNC2. The zero-order valence-corrected chi connectivity index (χ0v) is 14.4. The van der Waals surface area contributed by atoms with E-state index < -0.39 is 11.6 Å². The molecule has 8 heteroatoms. The topological polar surface area (TPSA) is 71.8 Å². The van der Waals surface area contributed by atoms with E-state index in [0.717, 1.165) is 30.3 Å². The van der Waals surface area contributed by atoms with Gasteiger partial charge in [0, 0.05) is 31.5 Å². The van der Waals surface area contributed by atoms with Crippen LogP contribution in [0.1, 0.15) is 27.2 Å². The number of nitrogens with zero attached hydrogens (tertiary/aromatic N) is 3. The number of aromatic nitrogens is 3. The maximum absolute atomic E-state index is 13.3. The number of halogens is 2. The largest absolute Gasteiger partial charge is 0.331 e. The summed E-state index contributed by atoms with van der Waals surface area (Å²) in [5.41, 5.74) is 2.97. The van der Waals surface area contributed by atoms with Gasteiger partial charge in [-0.3, -0.25) is 9.78 Å². The molecule has 3 aromatic rings. The Bertz CT molecular complexity index is 981. The molecule has 1 aromatic carbocycles. The highest BCUT2D eigenvalue weighted by Crippen LogP contribution is 2.15. The molecule has 0 saturated carbocycles. The summed E-state index contributed by atoms with van der Waals surface area (Å²) in [5.74, 6) is -1.20. The number of pyridine rings is 1. The standard InChI is InChI=1S/C19H17F2N5O/c20-15-3-12(4-16(21)6-15)9-26-10-18(24-11-26)25-19(27)14-5-13-1-2-22-8-17(13)23-7-14/h3-7,10-11,22H,1-2,8-9H2,(H,25,27). The fraction of sp³-hybridized carbons (Fsp3) is 0.211. The highest BCUT2D eigenvalue weighted by atomic mass is 19.1. The molecule has 138 valence electrons. The van der Waals surface area contributed by atoms with E-state index in [1.54, 1.807) is 17.0 Å². The molecule has 0 unspecified atom stereocenters. The molecule has 0 atom stereocenters. The number of anilines is 1. The van der Waals surface area contributed by atoms with Crippen molar-refractivity contribution in [2.45, 2.75) is 19.5 Å². The number of nitrogens with one attached hydrogen (secondary N) is 2. The van der Waals surface area contributed by atoms with Gasteiger partial charge in [0.1, 0.15) is 11.6 Å². The molecular formula is C19H17F2N5O. The Morgan fingerprint density at radius 1 is 1.19 bits per heavy atom. The first kappa shape index (κ1) is 17.3. The van der Waals surface area contributed by atoms with Gasteiger partial charge in [-0.1, -0.05) is 0 Å². The van der Waals surface area contributed by atoms with Crippen molar-refractivity contribution >= 4 is 11.7 Å². The van der Waals surface area contributed by atoms with E-state index >= 15 is 0 Å². The normalized spacial score (nSPS) is 13.3. The van der Waals surface area contributed by atoms with Crippen LogP contribution < -0.4 is 10.6 Å². The molecule has 0 aliphatic carbocycles. The highest BCUT2D eigenvalue weighted by molar-refractivity contribution is 6.03. The number of rotatable bonds is 4. The molecule has 0 bridgehead atoms. The van der Waals surface area contributed by atoms with Gasteiger partial charge in [-0.05, 0) is 42.3 Å². The molecular weight excluding hydrogens is 352 g/mol. The van der Waals surface area contributed by atoms with Gasteiger partial charge in [0.2, 0.25) is 0 Å². The minimum Gasteiger partial charge on any atom is -0.331 e. The monoisotopic (exact) mass is 369 g/mol. The first-order valence-electron chi connectivity index (χ1n) is 8.53. The van der Waals surface area contributed by atoms with Gasteiger partial charge in [0.15, 0.2) is 5.82 Å². The van der Waals surface area contributed by atoms with Gasteiger partial charge in [0.25, 0.3) is 5.91 Å². The number of hydrogen-bond donors (Lipinski definition) is 2. The Labute approximate surface area is 154 Å². The van der Waals surface area contributed by atoms with Crippen molar-refractivity contribution in [3.05, 3.63) is 77.0 Å². The van der Waals surface area contributed by atoms with E-state index in [0.29, 0.717) is 23.5 Å². The number of fused-ring (bicyclic) bond motifs is 1. The summed E-state index contributed by atoms with van der Waals surface area (Å²) in [6, 6.07) is 5.20. The first-order valence-corrected chi connectivity index (χ1v) is 8.53. The van der Waals surface area contributed by atoms with Gasteiger partial charge < -0.3 is 15.2 Å². The number of imidazole rings is 1. The lowest BCUT2D eigenvalue weighted by Gasteiger charge is -2.16. The van der Waals surface area contributed by atoms with E-state index in [4.69, 9.17) is 0 Å². The number of carbonyl (C=O) groups is 1. The molecule has 3 heterocycles. The minimum absolute atomic E-state index is 0.241. The minimum atomic E-state index is -0.631. The quantitative estimate of drug-likeness (QED) is 0.741. The molecule has 2 N–H and O–H groups in total. The third-order valence-electron chi connectivity index (χ3n) is 4.35. The lowest BCUT2D eigenvalue weighted by atomic mass is 10.0. The van der Waals surface area contributed by atoms with E-state index in [-0.39, 0.29) is 12.5 Å². The van der Waals surface area contributed by atoms with E-state index in [1.165, 1.54) is 18.5 Å². The Balaban J connectivity index is 1.45. The Morgan fingerprint density at radius 2 is 2.00 bits per heavy atom. The van der Waals surface area contributed by atoms with E-state index in [9.17, 15) is 13.6 Å². The van der Waals surface area contributed by atoms with Crippen LogP contribution in [0.5, 0.6) is 0 Å². The summed E-state index contributed by atoms with van der Waals surface area (Å²) < 4.78 is 28.2. The summed E-state index contributed by atoms with van der Waals surface area (Å²) >= 11 is 0. The average Bonchev–Trinajstić information content (AvgIpc) is 3.07. The van der Waals surface area contributed by atoms with Crippen LogP contribution in [0.4, 0.5) is 14.6 Å². The van der Waals surface area contributed by atoms with Gasteiger partial charge >= 0.3 is 0 Å². The van der Waals surface area contributed by atoms with Gasteiger partial charge in [-0.25, -0.2) is 13.8 Å². The number of amides is 1. The molecule has 1 aliphatic rings. The van der Waals surface area contributed by atoms with Gasteiger partial charge in [-0.2, -0.15) is 0 Å². The fourth-order valence-corrected chi connectivity index (χ4v) is 3.08. The van der Waals surface area contributed by atoms with Crippen molar-refractivity contribution in [1.29, 1.82) is 0 Å². The lowest BCUT2D eigenvalue weighted by Crippen LogP contribution is -2.25. The Kier molecular flexibility index (Phi) is 4.64. The maximum atomic E-state index is 13.3. The highest BCUT2D eigenvalue weighted by Gasteiger charge is 2.14. The van der Waals surface area contributed by atoms with Crippen LogP contribution in [-0.2, 0) is 19.5 Å². The molecule has 2 aromatic heterocycles. The number of hydrogen-bond acceptors (Lipinski definition) is 4. The Morgan fingerprint density at radius 3 is 2.81 bits per heavy atom. The molecule has 0 spiro atoms. The summed E-state index contributed by atoms with van der Waals surface area (Å²) in [7, 11) is 0. The summed E-state index contributed by atoms with van der Waals surface area (Å²) in [6.07, 6.45) is 5.49. The third kappa shape index (κ3) is 4.01. The number of benzene rings is 1. The van der Waals surface area contributed by atoms with Crippen molar-refractivity contribution in [2.75, 3.05) is 11.9 Å². The van der Waals surface area contributed by atoms with Crippen molar-refractivity contribution in [3.63, 3.8) is 0 Å². The first-order chi connectivity index (χ1) is 13.1.